The predicted octanol–water partition coefficient (Wildman–Crippen LogP) is 3.13. The first kappa shape index (κ1) is 10.7. The maximum atomic E-state index is 13.4. The van der Waals surface area contributed by atoms with Crippen LogP contribution in [0.3, 0.4) is 0 Å². The second-order valence-corrected chi connectivity index (χ2v) is 4.81. The summed E-state index contributed by atoms with van der Waals surface area (Å²) in [7, 11) is 0. The average Bonchev–Trinajstić information content (AvgIpc) is 2.74. The average molecular weight is 288 g/mol. The van der Waals surface area contributed by atoms with Gasteiger partial charge < -0.3 is 5.11 Å². The lowest BCUT2D eigenvalue weighted by atomic mass is 10.1. The van der Waals surface area contributed by atoms with E-state index in [9.17, 15) is 9.50 Å². The molecule has 15 heavy (non-hydrogen) atoms. The van der Waals surface area contributed by atoms with Gasteiger partial charge in [0.05, 0.1) is 10.4 Å². The topological polar surface area (TPSA) is 33.1 Å². The van der Waals surface area contributed by atoms with Gasteiger partial charge in [0.2, 0.25) is 0 Å². The van der Waals surface area contributed by atoms with Crippen molar-refractivity contribution < 1.29 is 9.50 Å². The second-order valence-electron chi connectivity index (χ2n) is 2.97. The summed E-state index contributed by atoms with van der Waals surface area (Å²) in [6.07, 6.45) is 0.588. The molecule has 78 valence electrons. The van der Waals surface area contributed by atoms with Crippen molar-refractivity contribution in [2.24, 2.45) is 0 Å². The number of hydrogen-bond acceptors (Lipinski definition) is 3. The zero-order valence-electron chi connectivity index (χ0n) is 7.52. The highest BCUT2D eigenvalue weighted by molar-refractivity contribution is 9.10. The summed E-state index contributed by atoms with van der Waals surface area (Å²) in [5.74, 6) is -0.417. The van der Waals surface area contributed by atoms with Crippen LogP contribution in [-0.4, -0.2) is 10.1 Å². The number of halogens is 2. The van der Waals surface area contributed by atoms with Crippen LogP contribution < -0.4 is 0 Å². The Morgan fingerprint density at radius 3 is 2.93 bits per heavy atom. The first-order chi connectivity index (χ1) is 7.18. The Hall–Kier alpha value is -0.780. The van der Waals surface area contributed by atoms with Crippen LogP contribution in [0.25, 0.3) is 0 Å². The molecule has 0 saturated heterocycles. The first-order valence-corrected chi connectivity index (χ1v) is 5.87. The van der Waals surface area contributed by atoms with Crippen molar-refractivity contribution in [3.63, 3.8) is 0 Å². The fraction of sp³-hybridized carbons (Fsp3) is 0.100. The van der Waals surface area contributed by atoms with Crippen molar-refractivity contribution in [3.05, 3.63) is 50.6 Å². The highest BCUT2D eigenvalue weighted by Crippen LogP contribution is 2.28. The van der Waals surface area contributed by atoms with Crippen LogP contribution in [0, 0.1) is 5.82 Å². The molecular weight excluding hydrogens is 281 g/mol. The third-order valence-corrected chi connectivity index (χ3v) is 3.29. The SMILES string of the molecule is OC(c1cncs1)c1cc(Br)ccc1F. The van der Waals surface area contributed by atoms with Crippen molar-refractivity contribution >= 4 is 27.3 Å². The molecule has 5 heteroatoms. The van der Waals surface area contributed by atoms with Gasteiger partial charge in [0.1, 0.15) is 11.9 Å². The minimum Gasteiger partial charge on any atom is -0.383 e. The zero-order valence-corrected chi connectivity index (χ0v) is 9.93. The lowest BCUT2D eigenvalue weighted by Gasteiger charge is -2.09. The van der Waals surface area contributed by atoms with E-state index in [-0.39, 0.29) is 5.56 Å². The first-order valence-electron chi connectivity index (χ1n) is 4.20. The van der Waals surface area contributed by atoms with Gasteiger partial charge in [-0.2, -0.15) is 0 Å². The molecule has 1 heterocycles. The highest BCUT2D eigenvalue weighted by Gasteiger charge is 2.16. The Kier molecular flexibility index (Phi) is 3.14. The van der Waals surface area contributed by atoms with Gasteiger partial charge in [0.15, 0.2) is 0 Å². The predicted molar refractivity (Wildman–Crippen MR) is 60.3 cm³/mol. The number of benzene rings is 1. The molecule has 0 bridgehead atoms. The van der Waals surface area contributed by atoms with E-state index in [0.29, 0.717) is 4.88 Å². The molecule has 2 rings (SSSR count). The molecule has 2 aromatic rings. The van der Waals surface area contributed by atoms with Gasteiger partial charge >= 0.3 is 0 Å². The van der Waals surface area contributed by atoms with Gasteiger partial charge in [0, 0.05) is 16.2 Å². The molecule has 1 atom stereocenters. The van der Waals surface area contributed by atoms with E-state index >= 15 is 0 Å². The molecule has 0 aliphatic rings. The van der Waals surface area contributed by atoms with E-state index in [1.54, 1.807) is 17.6 Å². The molecule has 0 amide bonds. The van der Waals surface area contributed by atoms with E-state index in [2.05, 4.69) is 20.9 Å². The number of rotatable bonds is 2. The van der Waals surface area contributed by atoms with E-state index in [1.165, 1.54) is 23.6 Å². The van der Waals surface area contributed by atoms with Crippen LogP contribution in [-0.2, 0) is 0 Å². The van der Waals surface area contributed by atoms with Gasteiger partial charge in [-0.15, -0.1) is 11.3 Å². The molecule has 1 unspecified atom stereocenters. The Morgan fingerprint density at radius 2 is 2.27 bits per heavy atom. The van der Waals surface area contributed by atoms with Crippen molar-refractivity contribution in [1.29, 1.82) is 0 Å². The summed E-state index contributed by atoms with van der Waals surface area (Å²) >= 11 is 4.54. The lowest BCUT2D eigenvalue weighted by Crippen LogP contribution is -2.00. The van der Waals surface area contributed by atoms with E-state index in [1.807, 2.05) is 0 Å². The van der Waals surface area contributed by atoms with Crippen molar-refractivity contribution in [2.45, 2.75) is 6.10 Å². The minimum absolute atomic E-state index is 0.258. The fourth-order valence-corrected chi connectivity index (χ4v) is 2.24. The summed E-state index contributed by atoms with van der Waals surface area (Å²) in [5.41, 5.74) is 1.86. The van der Waals surface area contributed by atoms with Gasteiger partial charge in [-0.1, -0.05) is 15.9 Å². The summed E-state index contributed by atoms with van der Waals surface area (Å²) in [4.78, 5) is 4.48. The summed E-state index contributed by atoms with van der Waals surface area (Å²) < 4.78 is 14.2. The molecular formula is C10H7BrFNOS. The number of aromatic nitrogens is 1. The molecule has 0 spiro atoms. The number of aliphatic hydroxyl groups excluding tert-OH is 1. The fourth-order valence-electron chi connectivity index (χ4n) is 1.24. The maximum absolute atomic E-state index is 13.4. The van der Waals surface area contributed by atoms with Crippen LogP contribution in [0.4, 0.5) is 4.39 Å². The van der Waals surface area contributed by atoms with Crippen molar-refractivity contribution in [2.75, 3.05) is 0 Å². The Balaban J connectivity index is 2.41. The summed E-state index contributed by atoms with van der Waals surface area (Å²) in [6.45, 7) is 0. The third-order valence-electron chi connectivity index (χ3n) is 1.97. The number of aliphatic hydroxyl groups is 1. The smallest absolute Gasteiger partial charge is 0.129 e. The Morgan fingerprint density at radius 1 is 1.47 bits per heavy atom. The molecule has 1 aromatic heterocycles. The Bertz CT molecular complexity index is 460. The zero-order chi connectivity index (χ0) is 10.8. The van der Waals surface area contributed by atoms with Crippen LogP contribution in [0.2, 0.25) is 0 Å². The third kappa shape index (κ3) is 2.25. The standard InChI is InChI=1S/C10H7BrFNOS/c11-6-1-2-8(12)7(3-6)10(14)9-4-13-5-15-9/h1-5,10,14H. The molecule has 0 saturated carbocycles. The van der Waals surface area contributed by atoms with Crippen LogP contribution >= 0.6 is 27.3 Å². The molecule has 1 N–H and O–H groups in total. The summed E-state index contributed by atoms with van der Waals surface area (Å²) in [5, 5.41) is 9.90. The van der Waals surface area contributed by atoms with Crippen LogP contribution in [0.1, 0.15) is 16.5 Å². The quantitative estimate of drug-likeness (QED) is 0.921. The maximum Gasteiger partial charge on any atom is 0.129 e. The largest absolute Gasteiger partial charge is 0.383 e. The second kappa shape index (κ2) is 4.38. The monoisotopic (exact) mass is 287 g/mol. The minimum atomic E-state index is -0.949. The van der Waals surface area contributed by atoms with Crippen molar-refractivity contribution in [3.8, 4) is 0 Å². The van der Waals surface area contributed by atoms with E-state index in [0.717, 1.165) is 4.47 Å². The number of hydrogen-bond donors (Lipinski definition) is 1. The Labute approximate surface area is 98.5 Å². The number of nitrogens with zero attached hydrogens (tertiary/aromatic N) is 1. The van der Waals surface area contributed by atoms with E-state index < -0.39 is 11.9 Å². The lowest BCUT2D eigenvalue weighted by molar-refractivity contribution is 0.218. The number of thiazole rings is 1. The van der Waals surface area contributed by atoms with E-state index in [4.69, 9.17) is 0 Å². The van der Waals surface area contributed by atoms with Gasteiger partial charge in [-0.25, -0.2) is 4.39 Å². The molecule has 0 aliphatic carbocycles. The molecule has 0 aliphatic heterocycles. The highest BCUT2D eigenvalue weighted by atomic mass is 79.9. The van der Waals surface area contributed by atoms with Gasteiger partial charge in [-0.05, 0) is 18.2 Å². The van der Waals surface area contributed by atoms with Crippen molar-refractivity contribution in [1.82, 2.24) is 4.98 Å². The molecule has 0 radical (unpaired) electrons. The van der Waals surface area contributed by atoms with Gasteiger partial charge in [-0.3, -0.25) is 4.98 Å². The molecule has 0 fully saturated rings. The molecule has 1 aromatic carbocycles. The van der Waals surface area contributed by atoms with Crippen LogP contribution in [0.5, 0.6) is 0 Å². The normalized spacial score (nSPS) is 12.7. The van der Waals surface area contributed by atoms with Gasteiger partial charge in [0.25, 0.3) is 0 Å². The molecule has 2 nitrogen and oxygen atoms in total. The van der Waals surface area contributed by atoms with Crippen LogP contribution in [0.15, 0.2) is 34.4 Å². The summed E-state index contributed by atoms with van der Waals surface area (Å²) in [6, 6.07) is 4.49.